The Morgan fingerprint density at radius 2 is 2.00 bits per heavy atom. The standard InChI is InChI=1S/C13H19NO3/c1-13(2,3)12(16)17-14-8-10-5-4-6-11(7-10)9-15/h4-7,14-15H,8-9H2,1-3H3. The molecule has 0 bridgehead atoms. The van der Waals surface area contributed by atoms with E-state index in [1.54, 1.807) is 20.8 Å². The third-order valence-electron chi connectivity index (χ3n) is 2.23. The molecule has 1 rings (SSSR count). The lowest BCUT2D eigenvalue weighted by molar-refractivity contribution is -0.161. The maximum Gasteiger partial charge on any atom is 0.329 e. The Labute approximate surface area is 102 Å². The van der Waals surface area contributed by atoms with Gasteiger partial charge in [-0.3, -0.25) is 0 Å². The Morgan fingerprint density at radius 3 is 2.59 bits per heavy atom. The van der Waals surface area contributed by atoms with Crippen LogP contribution in [0.1, 0.15) is 31.9 Å². The van der Waals surface area contributed by atoms with Crippen molar-refractivity contribution >= 4 is 5.97 Å². The summed E-state index contributed by atoms with van der Waals surface area (Å²) < 4.78 is 0. The molecule has 0 fully saturated rings. The average molecular weight is 237 g/mol. The summed E-state index contributed by atoms with van der Waals surface area (Å²) in [6.45, 7) is 5.82. The zero-order chi connectivity index (χ0) is 12.9. The summed E-state index contributed by atoms with van der Waals surface area (Å²) in [4.78, 5) is 16.4. The molecule has 1 aromatic carbocycles. The molecule has 0 aliphatic rings. The first kappa shape index (κ1) is 13.7. The molecule has 0 aromatic heterocycles. The molecule has 0 aliphatic carbocycles. The summed E-state index contributed by atoms with van der Waals surface area (Å²) in [5, 5.41) is 8.98. The third kappa shape index (κ3) is 4.54. The Morgan fingerprint density at radius 1 is 1.35 bits per heavy atom. The van der Waals surface area contributed by atoms with Crippen LogP contribution in [0.3, 0.4) is 0 Å². The summed E-state index contributed by atoms with van der Waals surface area (Å²) in [5.74, 6) is -0.296. The fourth-order valence-corrected chi connectivity index (χ4v) is 1.18. The first-order chi connectivity index (χ1) is 7.93. The first-order valence-corrected chi connectivity index (χ1v) is 5.56. The van der Waals surface area contributed by atoms with Gasteiger partial charge in [0.25, 0.3) is 0 Å². The van der Waals surface area contributed by atoms with Crippen LogP contribution in [0.4, 0.5) is 0 Å². The number of hydrogen-bond donors (Lipinski definition) is 2. The van der Waals surface area contributed by atoms with Gasteiger partial charge in [0.1, 0.15) is 0 Å². The van der Waals surface area contributed by atoms with Crippen LogP contribution < -0.4 is 5.48 Å². The lowest BCUT2D eigenvalue weighted by Gasteiger charge is -2.16. The molecule has 0 heterocycles. The van der Waals surface area contributed by atoms with Gasteiger partial charge in [0.15, 0.2) is 0 Å². The highest BCUT2D eigenvalue weighted by Gasteiger charge is 2.23. The highest BCUT2D eigenvalue weighted by Crippen LogP contribution is 2.14. The van der Waals surface area contributed by atoms with Crippen molar-refractivity contribution in [1.82, 2.24) is 5.48 Å². The molecule has 1 aromatic rings. The fourth-order valence-electron chi connectivity index (χ4n) is 1.18. The van der Waals surface area contributed by atoms with Crippen molar-refractivity contribution in [3.63, 3.8) is 0 Å². The van der Waals surface area contributed by atoms with E-state index >= 15 is 0 Å². The number of benzene rings is 1. The van der Waals surface area contributed by atoms with E-state index in [0.717, 1.165) is 11.1 Å². The second-order valence-electron chi connectivity index (χ2n) is 4.94. The van der Waals surface area contributed by atoms with Crippen molar-refractivity contribution in [2.24, 2.45) is 5.41 Å². The first-order valence-electron chi connectivity index (χ1n) is 5.56. The van der Waals surface area contributed by atoms with Gasteiger partial charge in [0.05, 0.1) is 18.6 Å². The summed E-state index contributed by atoms with van der Waals surface area (Å²) in [5.41, 5.74) is 3.91. The maximum atomic E-state index is 11.5. The normalized spacial score (nSPS) is 11.3. The number of hydrogen-bond acceptors (Lipinski definition) is 4. The average Bonchev–Trinajstić information content (AvgIpc) is 2.28. The molecular weight excluding hydrogens is 218 g/mol. The van der Waals surface area contributed by atoms with E-state index in [4.69, 9.17) is 9.94 Å². The molecular formula is C13H19NO3. The van der Waals surface area contributed by atoms with Crippen LogP contribution in [0.5, 0.6) is 0 Å². The zero-order valence-corrected chi connectivity index (χ0v) is 10.5. The number of carbonyl (C=O) groups excluding carboxylic acids is 1. The second-order valence-corrected chi connectivity index (χ2v) is 4.94. The van der Waals surface area contributed by atoms with Crippen LogP contribution >= 0.6 is 0 Å². The Hall–Kier alpha value is -1.39. The Kier molecular flexibility index (Phi) is 4.66. The van der Waals surface area contributed by atoms with Crippen LogP contribution in [0.25, 0.3) is 0 Å². The van der Waals surface area contributed by atoms with Crippen molar-refractivity contribution in [2.45, 2.75) is 33.9 Å². The van der Waals surface area contributed by atoms with E-state index in [9.17, 15) is 4.79 Å². The molecule has 0 saturated heterocycles. The molecule has 4 nitrogen and oxygen atoms in total. The molecule has 0 amide bonds. The number of carbonyl (C=O) groups is 1. The minimum atomic E-state index is -0.514. The molecule has 0 aliphatic heterocycles. The van der Waals surface area contributed by atoms with Crippen LogP contribution in [-0.2, 0) is 22.8 Å². The molecule has 0 radical (unpaired) electrons. The van der Waals surface area contributed by atoms with E-state index in [1.165, 1.54) is 0 Å². The lowest BCUT2D eigenvalue weighted by atomic mass is 9.98. The van der Waals surface area contributed by atoms with E-state index in [-0.39, 0.29) is 12.6 Å². The van der Waals surface area contributed by atoms with E-state index < -0.39 is 5.41 Å². The van der Waals surface area contributed by atoms with Gasteiger partial charge < -0.3 is 9.94 Å². The minimum Gasteiger partial charge on any atom is -0.392 e. The number of aliphatic hydroxyl groups is 1. The van der Waals surface area contributed by atoms with Gasteiger partial charge >= 0.3 is 5.97 Å². The fraction of sp³-hybridized carbons (Fsp3) is 0.462. The number of hydroxylamine groups is 1. The van der Waals surface area contributed by atoms with Crippen LogP contribution in [0, 0.1) is 5.41 Å². The minimum absolute atomic E-state index is 0.00954. The smallest absolute Gasteiger partial charge is 0.329 e. The lowest BCUT2D eigenvalue weighted by Crippen LogP contribution is -2.29. The molecule has 0 unspecified atom stereocenters. The summed E-state index contributed by atoms with van der Waals surface area (Å²) in [7, 11) is 0. The van der Waals surface area contributed by atoms with Crippen molar-refractivity contribution in [1.29, 1.82) is 0 Å². The molecule has 4 heteroatoms. The van der Waals surface area contributed by atoms with Gasteiger partial charge in [0.2, 0.25) is 0 Å². The predicted octanol–water partition coefficient (Wildman–Crippen LogP) is 1.77. The van der Waals surface area contributed by atoms with Gasteiger partial charge in [-0.1, -0.05) is 24.3 Å². The van der Waals surface area contributed by atoms with E-state index in [0.29, 0.717) is 6.54 Å². The van der Waals surface area contributed by atoms with Gasteiger partial charge in [-0.25, -0.2) is 4.79 Å². The number of aliphatic hydroxyl groups excluding tert-OH is 1. The van der Waals surface area contributed by atoms with Crippen molar-refractivity contribution in [3.05, 3.63) is 35.4 Å². The molecule has 17 heavy (non-hydrogen) atoms. The highest BCUT2D eigenvalue weighted by molar-refractivity contribution is 5.75. The topological polar surface area (TPSA) is 58.6 Å². The molecule has 0 saturated carbocycles. The Bertz CT molecular complexity index is 382. The summed E-state index contributed by atoms with van der Waals surface area (Å²) in [6, 6.07) is 7.45. The monoisotopic (exact) mass is 237 g/mol. The second kappa shape index (κ2) is 5.80. The van der Waals surface area contributed by atoms with Crippen LogP contribution in [0.15, 0.2) is 24.3 Å². The van der Waals surface area contributed by atoms with Crippen molar-refractivity contribution in [2.75, 3.05) is 0 Å². The maximum absolute atomic E-state index is 11.5. The van der Waals surface area contributed by atoms with Crippen molar-refractivity contribution < 1.29 is 14.7 Å². The van der Waals surface area contributed by atoms with Crippen LogP contribution in [-0.4, -0.2) is 11.1 Å². The van der Waals surface area contributed by atoms with Gasteiger partial charge in [-0.05, 0) is 31.9 Å². The SMILES string of the molecule is CC(C)(C)C(=O)ONCc1cccc(CO)c1. The van der Waals surface area contributed by atoms with Gasteiger partial charge in [-0.2, -0.15) is 0 Å². The van der Waals surface area contributed by atoms with Gasteiger partial charge in [-0.15, -0.1) is 5.48 Å². The summed E-state index contributed by atoms with van der Waals surface area (Å²) in [6.07, 6.45) is 0. The number of nitrogens with one attached hydrogen (secondary N) is 1. The molecule has 0 spiro atoms. The Balaban J connectivity index is 2.43. The zero-order valence-electron chi connectivity index (χ0n) is 10.5. The molecule has 0 atom stereocenters. The third-order valence-corrected chi connectivity index (χ3v) is 2.23. The summed E-state index contributed by atoms with van der Waals surface area (Å²) >= 11 is 0. The highest BCUT2D eigenvalue weighted by atomic mass is 16.7. The quantitative estimate of drug-likeness (QED) is 0.784. The molecule has 94 valence electrons. The van der Waals surface area contributed by atoms with E-state index in [2.05, 4.69) is 5.48 Å². The largest absolute Gasteiger partial charge is 0.392 e. The van der Waals surface area contributed by atoms with Crippen molar-refractivity contribution in [3.8, 4) is 0 Å². The molecule has 2 N–H and O–H groups in total. The van der Waals surface area contributed by atoms with E-state index in [1.807, 2.05) is 24.3 Å². The van der Waals surface area contributed by atoms with Gasteiger partial charge in [0, 0.05) is 0 Å². The predicted molar refractivity (Wildman–Crippen MR) is 64.8 cm³/mol. The number of rotatable bonds is 4. The van der Waals surface area contributed by atoms with Crippen LogP contribution in [0.2, 0.25) is 0 Å².